The maximum atomic E-state index is 11.5. The van der Waals surface area contributed by atoms with Crippen LogP contribution in [0.15, 0.2) is 42.2 Å². The molecule has 0 spiro atoms. The minimum atomic E-state index is -0.429. The van der Waals surface area contributed by atoms with Gasteiger partial charge in [0.1, 0.15) is 6.10 Å². The van der Waals surface area contributed by atoms with Crippen molar-refractivity contribution < 1.29 is 38.2 Å². The largest absolute Gasteiger partial charge is 1.00 e. The zero-order valence-electron chi connectivity index (χ0n) is 10.2. The molecule has 1 fully saturated rings. The van der Waals surface area contributed by atoms with E-state index in [1.54, 1.807) is 6.08 Å². The molecular weight excluding hydrogens is 227 g/mol. The maximum Gasteiger partial charge on any atom is 1.00 e. The number of hydrogen-bond acceptors (Lipinski definition) is 4. The molecule has 1 aromatic carbocycles. The molecule has 3 rings (SSSR count). The summed E-state index contributed by atoms with van der Waals surface area (Å²) in [7, 11) is 0. The van der Waals surface area contributed by atoms with Crippen LogP contribution in [0.5, 0.6) is 0 Å². The van der Waals surface area contributed by atoms with Crippen LogP contribution in [0.3, 0.4) is 0 Å². The van der Waals surface area contributed by atoms with E-state index < -0.39 is 18.5 Å². The first-order valence-electron chi connectivity index (χ1n) is 5.64. The van der Waals surface area contributed by atoms with E-state index in [1.165, 1.54) is 0 Å². The molecule has 1 saturated heterocycles. The number of benzene rings is 1. The molecule has 3 atom stereocenters. The Bertz CT molecular complexity index is 420. The van der Waals surface area contributed by atoms with Gasteiger partial charge in [-0.25, -0.2) is 0 Å². The SMILES string of the molecule is [Li+].[O-]C1=C[C@H](OCc2ccccc2)[C@@H]2OCC1O2. The number of ether oxygens (including phenoxy) is 3. The van der Waals surface area contributed by atoms with Crippen LogP contribution in [-0.2, 0) is 20.8 Å². The van der Waals surface area contributed by atoms with Gasteiger partial charge in [0.2, 0.25) is 0 Å². The summed E-state index contributed by atoms with van der Waals surface area (Å²) in [6.07, 6.45) is 0.314. The molecule has 0 aliphatic carbocycles. The van der Waals surface area contributed by atoms with Crippen molar-refractivity contribution in [3.05, 3.63) is 47.7 Å². The number of rotatable bonds is 3. The Morgan fingerprint density at radius 1 is 1.28 bits per heavy atom. The van der Waals surface area contributed by atoms with E-state index in [9.17, 15) is 5.11 Å². The molecule has 2 heterocycles. The molecule has 5 heteroatoms. The van der Waals surface area contributed by atoms with Crippen molar-refractivity contribution in [1.82, 2.24) is 0 Å². The van der Waals surface area contributed by atoms with Crippen LogP contribution < -0.4 is 24.0 Å². The van der Waals surface area contributed by atoms with Gasteiger partial charge in [0, 0.05) is 0 Å². The third-order valence-corrected chi connectivity index (χ3v) is 2.91. The van der Waals surface area contributed by atoms with Gasteiger partial charge in [0.15, 0.2) is 6.29 Å². The van der Waals surface area contributed by atoms with Crippen LogP contribution in [0.25, 0.3) is 0 Å². The van der Waals surface area contributed by atoms with Crippen LogP contribution in [0, 0.1) is 0 Å². The van der Waals surface area contributed by atoms with Gasteiger partial charge in [0.25, 0.3) is 0 Å². The number of fused-ring (bicyclic) bond motifs is 2. The number of hydrogen-bond donors (Lipinski definition) is 0. The molecule has 2 aliphatic heterocycles. The summed E-state index contributed by atoms with van der Waals surface area (Å²) < 4.78 is 16.4. The summed E-state index contributed by atoms with van der Waals surface area (Å²) >= 11 is 0. The quantitative estimate of drug-likeness (QED) is 0.552. The predicted molar refractivity (Wildman–Crippen MR) is 57.7 cm³/mol. The van der Waals surface area contributed by atoms with Gasteiger partial charge < -0.3 is 19.3 Å². The molecule has 0 N–H and O–H groups in total. The fraction of sp³-hybridized carbons (Fsp3) is 0.385. The van der Waals surface area contributed by atoms with E-state index in [0.29, 0.717) is 13.2 Å². The average molecular weight is 240 g/mol. The van der Waals surface area contributed by atoms with Gasteiger partial charge in [-0.05, 0) is 5.56 Å². The van der Waals surface area contributed by atoms with E-state index in [-0.39, 0.29) is 24.6 Å². The Labute approximate surface area is 118 Å². The maximum absolute atomic E-state index is 11.5. The van der Waals surface area contributed by atoms with Crippen molar-refractivity contribution in [2.75, 3.05) is 6.61 Å². The van der Waals surface area contributed by atoms with Crippen LogP contribution in [0.1, 0.15) is 5.56 Å². The molecule has 2 aliphatic rings. The average Bonchev–Trinajstić information content (AvgIpc) is 2.80. The summed E-state index contributed by atoms with van der Waals surface area (Å²) in [5, 5.41) is 11.5. The van der Waals surface area contributed by atoms with Gasteiger partial charge in [-0.2, -0.15) is 0 Å². The molecule has 4 nitrogen and oxygen atoms in total. The fourth-order valence-electron chi connectivity index (χ4n) is 1.99. The fourth-order valence-corrected chi connectivity index (χ4v) is 1.99. The second kappa shape index (κ2) is 5.92. The Hall–Kier alpha value is -0.763. The zero-order chi connectivity index (χ0) is 11.7. The summed E-state index contributed by atoms with van der Waals surface area (Å²) in [5.74, 6) is -0.0446. The Morgan fingerprint density at radius 3 is 2.83 bits per heavy atom. The second-order valence-electron chi connectivity index (χ2n) is 4.16. The smallest absolute Gasteiger partial charge is 0.874 e. The Balaban J connectivity index is 0.00000120. The monoisotopic (exact) mass is 240 g/mol. The van der Waals surface area contributed by atoms with Gasteiger partial charge in [-0.15, -0.1) is 5.76 Å². The molecule has 0 radical (unpaired) electrons. The van der Waals surface area contributed by atoms with E-state index in [4.69, 9.17) is 14.2 Å². The van der Waals surface area contributed by atoms with Crippen LogP contribution in [0.4, 0.5) is 0 Å². The van der Waals surface area contributed by atoms with Gasteiger partial charge >= 0.3 is 18.9 Å². The third kappa shape index (κ3) is 2.80. The van der Waals surface area contributed by atoms with Crippen LogP contribution >= 0.6 is 0 Å². The zero-order valence-corrected chi connectivity index (χ0v) is 10.2. The minimum Gasteiger partial charge on any atom is -0.874 e. The molecule has 0 amide bonds. The van der Waals surface area contributed by atoms with Crippen molar-refractivity contribution in [3.8, 4) is 0 Å². The van der Waals surface area contributed by atoms with Crippen LogP contribution in [-0.4, -0.2) is 25.1 Å². The second-order valence-corrected chi connectivity index (χ2v) is 4.16. The van der Waals surface area contributed by atoms with E-state index in [2.05, 4.69) is 0 Å². The standard InChI is InChI=1S/C13H14O4.Li/c14-10-6-11(13-16-8-12(10)17-13)15-7-9-4-2-1-3-5-9;/h1-6,11-14H,7-8H2;/q;+1/p-1/t11-,12?,13+;/m0./s1. The summed E-state index contributed by atoms with van der Waals surface area (Å²) in [6.45, 7) is 0.786. The predicted octanol–water partition coefficient (Wildman–Crippen LogP) is -2.42. The van der Waals surface area contributed by atoms with Crippen molar-refractivity contribution >= 4 is 0 Å². The molecule has 0 saturated carbocycles. The normalized spacial score (nSPS) is 29.6. The molecule has 0 aromatic heterocycles. The molecular formula is C13H13LiO4. The first kappa shape index (κ1) is 13.7. The molecule has 18 heavy (non-hydrogen) atoms. The first-order chi connectivity index (χ1) is 8.33. The van der Waals surface area contributed by atoms with Crippen LogP contribution in [0.2, 0.25) is 0 Å². The van der Waals surface area contributed by atoms with Crippen molar-refractivity contribution in [1.29, 1.82) is 0 Å². The molecule has 1 unspecified atom stereocenters. The van der Waals surface area contributed by atoms with Gasteiger partial charge in [-0.3, -0.25) is 0 Å². The Kier molecular flexibility index (Phi) is 4.49. The summed E-state index contributed by atoms with van der Waals surface area (Å²) in [5.41, 5.74) is 1.06. The van der Waals surface area contributed by atoms with Gasteiger partial charge in [-0.1, -0.05) is 36.4 Å². The topological polar surface area (TPSA) is 50.8 Å². The molecule has 2 bridgehead atoms. The third-order valence-electron chi connectivity index (χ3n) is 2.91. The summed E-state index contributed by atoms with van der Waals surface area (Å²) in [4.78, 5) is 0. The van der Waals surface area contributed by atoms with E-state index >= 15 is 0 Å². The van der Waals surface area contributed by atoms with E-state index in [1.807, 2.05) is 30.3 Å². The van der Waals surface area contributed by atoms with E-state index in [0.717, 1.165) is 5.56 Å². The van der Waals surface area contributed by atoms with Crippen molar-refractivity contribution in [2.45, 2.75) is 25.1 Å². The molecule has 90 valence electrons. The first-order valence-corrected chi connectivity index (χ1v) is 5.64. The molecule has 1 aromatic rings. The summed E-state index contributed by atoms with van der Waals surface area (Å²) in [6, 6.07) is 9.81. The Morgan fingerprint density at radius 2 is 2.06 bits per heavy atom. The van der Waals surface area contributed by atoms with Crippen molar-refractivity contribution in [3.63, 3.8) is 0 Å². The van der Waals surface area contributed by atoms with Crippen molar-refractivity contribution in [2.24, 2.45) is 0 Å². The minimum absolute atomic E-state index is 0. The van der Waals surface area contributed by atoms with Gasteiger partial charge in [0.05, 0.1) is 19.3 Å².